The molecule has 0 aliphatic heterocycles. The maximum Gasteiger partial charge on any atom is 0.255 e. The quantitative estimate of drug-likeness (QED) is 0.797. The molecule has 2 aromatic rings. The predicted octanol–water partition coefficient (Wildman–Crippen LogP) is 2.08. The molecule has 0 fully saturated rings. The van der Waals surface area contributed by atoms with Gasteiger partial charge >= 0.3 is 0 Å². The van der Waals surface area contributed by atoms with E-state index in [1.165, 1.54) is 6.20 Å². The molecule has 0 aliphatic rings. The van der Waals surface area contributed by atoms with Crippen molar-refractivity contribution >= 4 is 22.9 Å². The molecule has 14 heavy (non-hydrogen) atoms. The molecule has 2 heterocycles. The average molecular weight is 227 g/mol. The number of aromatic nitrogens is 2. The van der Waals surface area contributed by atoms with Crippen LogP contribution < -0.4 is 5.56 Å². The molecule has 0 aromatic carbocycles. The van der Waals surface area contributed by atoms with Gasteiger partial charge in [0.1, 0.15) is 0 Å². The molecule has 0 atom stereocenters. The van der Waals surface area contributed by atoms with Gasteiger partial charge in [0, 0.05) is 23.1 Å². The second-order valence-electron chi connectivity index (χ2n) is 2.78. The Morgan fingerprint density at radius 1 is 1.57 bits per heavy atom. The zero-order valence-corrected chi connectivity index (χ0v) is 8.73. The predicted molar refractivity (Wildman–Crippen MR) is 57.0 cm³/mol. The second-order valence-corrected chi connectivity index (χ2v) is 4.17. The summed E-state index contributed by atoms with van der Waals surface area (Å²) in [5.74, 6) is 0. The van der Waals surface area contributed by atoms with Crippen LogP contribution in [0.1, 0.15) is 10.4 Å². The molecule has 2 rings (SSSR count). The summed E-state index contributed by atoms with van der Waals surface area (Å²) in [5.41, 5.74) is 0.468. The van der Waals surface area contributed by atoms with Crippen LogP contribution in [0.15, 0.2) is 28.5 Å². The minimum Gasteiger partial charge on any atom is -0.297 e. The van der Waals surface area contributed by atoms with E-state index >= 15 is 0 Å². The third-order valence-electron chi connectivity index (χ3n) is 1.79. The van der Waals surface area contributed by atoms with E-state index < -0.39 is 0 Å². The van der Waals surface area contributed by atoms with Crippen LogP contribution in [-0.2, 0) is 6.42 Å². The van der Waals surface area contributed by atoms with Crippen molar-refractivity contribution in [2.24, 2.45) is 0 Å². The summed E-state index contributed by atoms with van der Waals surface area (Å²) in [7, 11) is 0. The Bertz CT molecular complexity index is 478. The smallest absolute Gasteiger partial charge is 0.255 e. The first kappa shape index (κ1) is 9.43. The molecule has 0 unspecified atom stereocenters. The number of hydrogen-bond acceptors (Lipinski definition) is 3. The van der Waals surface area contributed by atoms with Crippen molar-refractivity contribution in [3.8, 4) is 0 Å². The SMILES string of the molecule is O=c1[nH]c(Cl)ncc1Cc1cccs1. The fourth-order valence-electron chi connectivity index (χ4n) is 1.13. The van der Waals surface area contributed by atoms with E-state index in [2.05, 4.69) is 9.97 Å². The van der Waals surface area contributed by atoms with Crippen LogP contribution in [0.25, 0.3) is 0 Å². The molecule has 72 valence electrons. The van der Waals surface area contributed by atoms with Crippen LogP contribution in [0.3, 0.4) is 0 Å². The molecule has 3 nitrogen and oxygen atoms in total. The lowest BCUT2D eigenvalue weighted by Gasteiger charge is -1.96. The van der Waals surface area contributed by atoms with Crippen LogP contribution in [0.5, 0.6) is 0 Å². The lowest BCUT2D eigenvalue weighted by Crippen LogP contribution is -2.13. The van der Waals surface area contributed by atoms with Crippen LogP contribution in [-0.4, -0.2) is 9.97 Å². The van der Waals surface area contributed by atoms with Gasteiger partial charge < -0.3 is 0 Å². The van der Waals surface area contributed by atoms with Gasteiger partial charge in [-0.25, -0.2) is 4.98 Å². The molecule has 0 saturated carbocycles. The molecule has 0 saturated heterocycles. The Kier molecular flexibility index (Phi) is 2.65. The third-order valence-corrected chi connectivity index (χ3v) is 2.86. The summed E-state index contributed by atoms with van der Waals surface area (Å²) in [6, 6.07) is 3.94. The van der Waals surface area contributed by atoms with E-state index in [0.717, 1.165) is 4.88 Å². The Morgan fingerprint density at radius 3 is 3.07 bits per heavy atom. The van der Waals surface area contributed by atoms with E-state index in [-0.39, 0.29) is 10.8 Å². The highest BCUT2D eigenvalue weighted by atomic mass is 35.5. The first-order valence-electron chi connectivity index (χ1n) is 4.02. The molecule has 0 amide bonds. The molecule has 0 spiro atoms. The van der Waals surface area contributed by atoms with E-state index in [1.807, 2.05) is 17.5 Å². The van der Waals surface area contributed by atoms with Gasteiger partial charge in [0.05, 0.1) is 0 Å². The number of halogens is 1. The average Bonchev–Trinajstić information content (AvgIpc) is 2.62. The Hall–Kier alpha value is -1.13. The summed E-state index contributed by atoms with van der Waals surface area (Å²) < 4.78 is 0. The largest absolute Gasteiger partial charge is 0.297 e. The second kappa shape index (κ2) is 3.94. The van der Waals surface area contributed by atoms with Gasteiger partial charge in [-0.2, -0.15) is 0 Å². The summed E-state index contributed by atoms with van der Waals surface area (Å²) in [5, 5.41) is 2.11. The standard InChI is InChI=1S/C9H7ClN2OS/c10-9-11-5-6(8(13)12-9)4-7-2-1-3-14-7/h1-3,5H,4H2,(H,11,12,13). The normalized spacial score (nSPS) is 10.4. The first-order valence-corrected chi connectivity index (χ1v) is 5.27. The van der Waals surface area contributed by atoms with Crippen LogP contribution >= 0.6 is 22.9 Å². The zero-order chi connectivity index (χ0) is 9.97. The topological polar surface area (TPSA) is 45.8 Å². The van der Waals surface area contributed by atoms with E-state index in [4.69, 9.17) is 11.6 Å². The van der Waals surface area contributed by atoms with Crippen molar-refractivity contribution in [3.05, 3.63) is 49.8 Å². The Labute approximate surface area is 89.4 Å². The fraction of sp³-hybridized carbons (Fsp3) is 0.111. The highest BCUT2D eigenvalue weighted by Gasteiger charge is 2.03. The van der Waals surface area contributed by atoms with Gasteiger partial charge in [0.2, 0.25) is 5.28 Å². The number of nitrogens with one attached hydrogen (secondary N) is 1. The molecule has 0 radical (unpaired) electrons. The van der Waals surface area contributed by atoms with E-state index in [0.29, 0.717) is 12.0 Å². The van der Waals surface area contributed by atoms with E-state index in [9.17, 15) is 4.79 Å². The maximum atomic E-state index is 11.4. The van der Waals surface area contributed by atoms with Crippen LogP contribution in [0.2, 0.25) is 5.28 Å². The van der Waals surface area contributed by atoms with Gasteiger partial charge in [-0.15, -0.1) is 11.3 Å². The highest BCUT2D eigenvalue weighted by Crippen LogP contribution is 2.12. The minimum absolute atomic E-state index is 0.130. The van der Waals surface area contributed by atoms with Crippen molar-refractivity contribution in [3.63, 3.8) is 0 Å². The molecule has 0 bridgehead atoms. The molecule has 0 aliphatic carbocycles. The molecule has 5 heteroatoms. The molecular weight excluding hydrogens is 220 g/mol. The van der Waals surface area contributed by atoms with Crippen LogP contribution in [0.4, 0.5) is 0 Å². The molecule has 1 N–H and O–H groups in total. The van der Waals surface area contributed by atoms with E-state index in [1.54, 1.807) is 11.3 Å². The molecular formula is C9H7ClN2OS. The fourth-order valence-corrected chi connectivity index (χ4v) is 1.99. The summed E-state index contributed by atoms with van der Waals surface area (Å²) in [6.45, 7) is 0. The van der Waals surface area contributed by atoms with Crippen molar-refractivity contribution in [2.75, 3.05) is 0 Å². The third kappa shape index (κ3) is 2.02. The first-order chi connectivity index (χ1) is 6.75. The Morgan fingerprint density at radius 2 is 2.43 bits per heavy atom. The number of nitrogens with zero attached hydrogens (tertiary/aromatic N) is 1. The lowest BCUT2D eigenvalue weighted by atomic mass is 10.2. The van der Waals surface area contributed by atoms with Crippen molar-refractivity contribution in [1.82, 2.24) is 9.97 Å². The van der Waals surface area contributed by atoms with Crippen molar-refractivity contribution < 1.29 is 0 Å². The number of thiophene rings is 1. The number of rotatable bonds is 2. The Balaban J connectivity index is 2.30. The summed E-state index contributed by atoms with van der Waals surface area (Å²) in [4.78, 5) is 18.8. The maximum absolute atomic E-state index is 11.4. The van der Waals surface area contributed by atoms with Gasteiger partial charge in [0.25, 0.3) is 5.56 Å². The van der Waals surface area contributed by atoms with Gasteiger partial charge in [-0.3, -0.25) is 9.78 Å². The van der Waals surface area contributed by atoms with Crippen LogP contribution in [0, 0.1) is 0 Å². The van der Waals surface area contributed by atoms with Crippen molar-refractivity contribution in [1.29, 1.82) is 0 Å². The highest BCUT2D eigenvalue weighted by molar-refractivity contribution is 7.09. The summed E-state index contributed by atoms with van der Waals surface area (Å²) in [6.07, 6.45) is 2.12. The van der Waals surface area contributed by atoms with Gasteiger partial charge in [-0.1, -0.05) is 6.07 Å². The summed E-state index contributed by atoms with van der Waals surface area (Å²) >= 11 is 7.15. The number of H-pyrrole nitrogens is 1. The van der Waals surface area contributed by atoms with Gasteiger partial charge in [0.15, 0.2) is 0 Å². The number of aromatic amines is 1. The lowest BCUT2D eigenvalue weighted by molar-refractivity contribution is 1.04. The zero-order valence-electron chi connectivity index (χ0n) is 7.16. The number of hydrogen-bond donors (Lipinski definition) is 1. The van der Waals surface area contributed by atoms with Gasteiger partial charge in [-0.05, 0) is 23.0 Å². The monoisotopic (exact) mass is 226 g/mol. The molecule has 2 aromatic heterocycles. The van der Waals surface area contributed by atoms with Crippen molar-refractivity contribution in [2.45, 2.75) is 6.42 Å². The minimum atomic E-state index is -0.168.